The minimum atomic E-state index is -1.35. The summed E-state index contributed by atoms with van der Waals surface area (Å²) in [5, 5.41) is 7.61. The molecule has 2 rings (SSSR count). The summed E-state index contributed by atoms with van der Waals surface area (Å²) >= 11 is 0. The van der Waals surface area contributed by atoms with E-state index in [4.69, 9.17) is 14.2 Å². The highest BCUT2D eigenvalue weighted by Crippen LogP contribution is 2.63. The molecule has 3 amide bonds. The van der Waals surface area contributed by atoms with E-state index in [0.29, 0.717) is 12.8 Å². The summed E-state index contributed by atoms with van der Waals surface area (Å²) in [6.45, 7) is 7.99. The molecule has 2 aliphatic rings. The minimum Gasteiger partial charge on any atom is -0.469 e. The zero-order valence-corrected chi connectivity index (χ0v) is 19.6. The zero-order chi connectivity index (χ0) is 24.4. The van der Waals surface area contributed by atoms with Crippen LogP contribution in [-0.4, -0.2) is 67.3 Å². The molecule has 11 heteroatoms. The summed E-state index contributed by atoms with van der Waals surface area (Å²) in [5.41, 5.74) is -2.08. The summed E-state index contributed by atoms with van der Waals surface area (Å²) in [7, 11) is 2.49. The van der Waals surface area contributed by atoms with Crippen molar-refractivity contribution < 1.29 is 38.2 Å². The smallest absolute Gasteiger partial charge is 0.408 e. The van der Waals surface area contributed by atoms with Gasteiger partial charge < -0.3 is 30.2 Å². The maximum atomic E-state index is 12.8. The van der Waals surface area contributed by atoms with E-state index in [9.17, 15) is 24.0 Å². The van der Waals surface area contributed by atoms with E-state index < -0.39 is 64.9 Å². The molecule has 0 saturated heterocycles. The summed E-state index contributed by atoms with van der Waals surface area (Å²) < 4.78 is 14.8. The first-order valence-electron chi connectivity index (χ1n) is 10.6. The molecular formula is C21H33N3O8. The van der Waals surface area contributed by atoms with Crippen LogP contribution >= 0.6 is 0 Å². The molecule has 180 valence electrons. The van der Waals surface area contributed by atoms with Crippen LogP contribution in [0.2, 0.25) is 0 Å². The number of fused-ring (bicyclic) bond motifs is 1. The van der Waals surface area contributed by atoms with Crippen LogP contribution in [0.5, 0.6) is 0 Å². The summed E-state index contributed by atoms with van der Waals surface area (Å²) in [5.74, 6) is -3.23. The first kappa shape index (κ1) is 25.4. The molecule has 0 aromatic heterocycles. The van der Waals surface area contributed by atoms with E-state index in [0.717, 1.165) is 0 Å². The molecule has 0 heterocycles. The predicted octanol–water partition coefficient (Wildman–Crippen LogP) is 0.261. The Hall–Kier alpha value is -2.85. The van der Waals surface area contributed by atoms with Gasteiger partial charge in [-0.1, -0.05) is 0 Å². The molecule has 0 aromatic carbocycles. The van der Waals surface area contributed by atoms with Crippen LogP contribution in [0.25, 0.3) is 0 Å². The number of hydrogen-bond acceptors (Lipinski definition) is 8. The molecule has 32 heavy (non-hydrogen) atoms. The number of hydrogen-bond donors (Lipinski definition) is 3. The van der Waals surface area contributed by atoms with E-state index in [-0.39, 0.29) is 5.92 Å². The molecular weight excluding hydrogens is 422 g/mol. The van der Waals surface area contributed by atoms with Gasteiger partial charge in [0.2, 0.25) is 11.8 Å². The number of alkyl carbamates (subject to hydrolysis) is 1. The van der Waals surface area contributed by atoms with Crippen molar-refractivity contribution >= 4 is 29.8 Å². The number of rotatable bonds is 7. The van der Waals surface area contributed by atoms with Gasteiger partial charge in [-0.15, -0.1) is 0 Å². The Labute approximate surface area is 187 Å². The Balaban J connectivity index is 2.00. The van der Waals surface area contributed by atoms with E-state index in [1.807, 2.05) is 0 Å². The molecule has 0 radical (unpaired) electrons. The molecule has 0 bridgehead atoms. The number of ether oxygens (including phenoxy) is 3. The van der Waals surface area contributed by atoms with Crippen molar-refractivity contribution in [1.82, 2.24) is 16.0 Å². The highest BCUT2D eigenvalue weighted by molar-refractivity contribution is 5.95. The maximum Gasteiger partial charge on any atom is 0.408 e. The third-order valence-electron chi connectivity index (χ3n) is 5.86. The first-order valence-corrected chi connectivity index (χ1v) is 10.6. The Morgan fingerprint density at radius 1 is 0.938 bits per heavy atom. The second kappa shape index (κ2) is 9.33. The van der Waals surface area contributed by atoms with Crippen molar-refractivity contribution in [2.75, 3.05) is 14.2 Å². The number of methoxy groups -OCH3 is 2. The lowest BCUT2D eigenvalue weighted by molar-refractivity contribution is -0.153. The van der Waals surface area contributed by atoms with Crippen molar-refractivity contribution in [2.45, 2.75) is 70.7 Å². The topological polar surface area (TPSA) is 149 Å². The second-order valence-electron chi connectivity index (χ2n) is 9.33. The van der Waals surface area contributed by atoms with E-state index >= 15 is 0 Å². The van der Waals surface area contributed by atoms with E-state index in [1.54, 1.807) is 20.8 Å². The Morgan fingerprint density at radius 3 is 2.06 bits per heavy atom. The van der Waals surface area contributed by atoms with Crippen molar-refractivity contribution in [2.24, 2.45) is 17.8 Å². The molecule has 6 atom stereocenters. The van der Waals surface area contributed by atoms with Gasteiger partial charge in [-0.3, -0.25) is 14.4 Å². The lowest BCUT2D eigenvalue weighted by Crippen LogP contribution is -2.61. The van der Waals surface area contributed by atoms with Gasteiger partial charge in [0.1, 0.15) is 23.2 Å². The Morgan fingerprint density at radius 2 is 1.53 bits per heavy atom. The highest BCUT2D eigenvalue weighted by Gasteiger charge is 2.72. The molecule has 11 nitrogen and oxygen atoms in total. The number of amides is 3. The Bertz CT molecular complexity index is 792. The summed E-state index contributed by atoms with van der Waals surface area (Å²) in [4.78, 5) is 61.7. The molecule has 2 saturated carbocycles. The van der Waals surface area contributed by atoms with Crippen molar-refractivity contribution in [3.8, 4) is 0 Å². The SMILES string of the molecule is COC(=O)[C@H]1[C@@H]2CC[C@@](NC(=O)[C@H](C)NC(=O)[C@H](C)NC(=O)OC(C)(C)C)(C(=O)OC)[C@@H]21. The fraction of sp³-hybridized carbons (Fsp3) is 0.762. The predicted molar refractivity (Wildman–Crippen MR) is 111 cm³/mol. The van der Waals surface area contributed by atoms with Gasteiger partial charge in [0.05, 0.1) is 20.1 Å². The third kappa shape index (κ3) is 5.31. The van der Waals surface area contributed by atoms with Crippen molar-refractivity contribution in [3.63, 3.8) is 0 Å². The van der Waals surface area contributed by atoms with Gasteiger partial charge in [0.15, 0.2) is 0 Å². The largest absolute Gasteiger partial charge is 0.469 e. The fourth-order valence-corrected chi connectivity index (χ4v) is 4.32. The van der Waals surface area contributed by atoms with Crippen LogP contribution in [0.4, 0.5) is 4.79 Å². The van der Waals surface area contributed by atoms with Crippen LogP contribution in [0.15, 0.2) is 0 Å². The fourth-order valence-electron chi connectivity index (χ4n) is 4.32. The molecule has 0 spiro atoms. The van der Waals surface area contributed by atoms with Crippen LogP contribution in [0.1, 0.15) is 47.5 Å². The molecule has 0 unspecified atom stereocenters. The van der Waals surface area contributed by atoms with Gasteiger partial charge in [-0.25, -0.2) is 9.59 Å². The first-order chi connectivity index (χ1) is 14.8. The monoisotopic (exact) mass is 455 g/mol. The van der Waals surface area contributed by atoms with Gasteiger partial charge >= 0.3 is 18.0 Å². The molecule has 3 N–H and O–H groups in total. The molecule has 2 fully saturated rings. The highest BCUT2D eigenvalue weighted by atomic mass is 16.6. The normalized spacial score (nSPS) is 27.8. The number of nitrogens with one attached hydrogen (secondary N) is 3. The summed E-state index contributed by atoms with van der Waals surface area (Å²) in [6.07, 6.45) is 0.129. The van der Waals surface area contributed by atoms with Crippen LogP contribution in [0.3, 0.4) is 0 Å². The average molecular weight is 456 g/mol. The van der Waals surface area contributed by atoms with Crippen molar-refractivity contribution in [1.29, 1.82) is 0 Å². The minimum absolute atomic E-state index is 0.0650. The number of carbonyl (C=O) groups excluding carboxylic acids is 5. The second-order valence-corrected chi connectivity index (χ2v) is 9.33. The quantitative estimate of drug-likeness (QED) is 0.366. The molecule has 0 aromatic rings. The lowest BCUT2D eigenvalue weighted by Gasteiger charge is -2.31. The van der Waals surface area contributed by atoms with Crippen molar-refractivity contribution in [3.05, 3.63) is 0 Å². The zero-order valence-electron chi connectivity index (χ0n) is 19.6. The van der Waals surface area contributed by atoms with Gasteiger partial charge in [-0.2, -0.15) is 0 Å². The Kier molecular flexibility index (Phi) is 7.41. The lowest BCUT2D eigenvalue weighted by atomic mass is 9.89. The van der Waals surface area contributed by atoms with Gasteiger partial charge in [0.25, 0.3) is 0 Å². The maximum absolute atomic E-state index is 12.8. The molecule has 0 aliphatic heterocycles. The third-order valence-corrected chi connectivity index (χ3v) is 5.86. The van der Waals surface area contributed by atoms with Gasteiger partial charge in [0, 0.05) is 5.92 Å². The van der Waals surface area contributed by atoms with Crippen LogP contribution < -0.4 is 16.0 Å². The van der Waals surface area contributed by atoms with E-state index in [2.05, 4.69) is 16.0 Å². The van der Waals surface area contributed by atoms with E-state index in [1.165, 1.54) is 28.1 Å². The molecule has 2 aliphatic carbocycles. The number of carbonyl (C=O) groups is 5. The standard InChI is InChI=1S/C21H33N3O8/c1-10(23-19(29)32-20(3,4)5)15(25)22-11(2)16(26)24-21(18(28)31-7)9-8-12-13(14(12)21)17(27)30-6/h10-14H,8-9H2,1-7H3,(H,22,25)(H,23,29)(H,24,26)/t10-,11-,12-,13-,14-,21-/m0/s1. The summed E-state index contributed by atoms with van der Waals surface area (Å²) in [6, 6.07) is -1.97. The van der Waals surface area contributed by atoms with Gasteiger partial charge in [-0.05, 0) is 53.4 Å². The number of esters is 2. The van der Waals surface area contributed by atoms with Crippen LogP contribution in [0, 0.1) is 17.8 Å². The average Bonchev–Trinajstić information content (AvgIpc) is 3.32. The van der Waals surface area contributed by atoms with Crippen LogP contribution in [-0.2, 0) is 33.4 Å².